The van der Waals surface area contributed by atoms with E-state index in [4.69, 9.17) is 11.6 Å². The lowest BCUT2D eigenvalue weighted by atomic mass is 10.3. The van der Waals surface area contributed by atoms with Crippen molar-refractivity contribution < 1.29 is 4.79 Å². The first-order valence-corrected chi connectivity index (χ1v) is 7.71. The summed E-state index contributed by atoms with van der Waals surface area (Å²) in [7, 11) is 0. The van der Waals surface area contributed by atoms with Crippen molar-refractivity contribution in [1.29, 1.82) is 0 Å². The number of rotatable bonds is 2. The monoisotopic (exact) mass is 411 g/mol. The summed E-state index contributed by atoms with van der Waals surface area (Å²) >= 11 is 8.17. The second-order valence-electron chi connectivity index (χ2n) is 4.58. The number of benzene rings is 1. The summed E-state index contributed by atoms with van der Waals surface area (Å²) in [5, 5.41) is 3.48. The number of aryl methyl sites for hydroxylation is 1. The number of nitrogens with one attached hydrogen (secondary N) is 1. The van der Waals surface area contributed by atoms with Crippen molar-refractivity contribution in [1.82, 2.24) is 9.38 Å². The van der Waals surface area contributed by atoms with Crippen LogP contribution in [0.15, 0.2) is 42.6 Å². The Morgan fingerprint density at radius 3 is 2.71 bits per heavy atom. The number of amides is 1. The van der Waals surface area contributed by atoms with Crippen LogP contribution in [0, 0.1) is 10.5 Å². The average Bonchev–Trinajstić information content (AvgIpc) is 2.76. The molecule has 3 aromatic rings. The number of carbonyl (C=O) groups is 1. The quantitative estimate of drug-likeness (QED) is 0.644. The van der Waals surface area contributed by atoms with Crippen LogP contribution in [0.3, 0.4) is 0 Å². The molecular formula is C15H11ClIN3O. The van der Waals surface area contributed by atoms with Gasteiger partial charge in [-0.1, -0.05) is 11.6 Å². The molecule has 21 heavy (non-hydrogen) atoms. The number of halogens is 2. The maximum absolute atomic E-state index is 12.5. The van der Waals surface area contributed by atoms with Gasteiger partial charge in [-0.05, 0) is 59.8 Å². The molecule has 0 fully saturated rings. The molecule has 0 saturated carbocycles. The molecule has 0 saturated heterocycles. The standard InChI is InChI=1S/C15H11ClIN3O/c1-9-14(20-7-6-10(16)8-13(20)18-9)15(21)19-12-4-2-11(17)3-5-12/h2-8H,1H3,(H,19,21). The lowest BCUT2D eigenvalue weighted by molar-refractivity contribution is 0.102. The average molecular weight is 412 g/mol. The van der Waals surface area contributed by atoms with Crippen molar-refractivity contribution in [2.75, 3.05) is 5.32 Å². The van der Waals surface area contributed by atoms with E-state index in [0.29, 0.717) is 22.1 Å². The second kappa shape index (κ2) is 5.65. The Morgan fingerprint density at radius 1 is 1.29 bits per heavy atom. The third-order valence-electron chi connectivity index (χ3n) is 3.08. The molecule has 0 atom stereocenters. The fraction of sp³-hybridized carbons (Fsp3) is 0.0667. The Kier molecular flexibility index (Phi) is 3.86. The number of aromatic nitrogens is 2. The highest BCUT2D eigenvalue weighted by atomic mass is 127. The van der Waals surface area contributed by atoms with Crippen LogP contribution >= 0.6 is 34.2 Å². The molecule has 106 valence electrons. The zero-order valence-corrected chi connectivity index (χ0v) is 14.0. The number of nitrogens with zero attached hydrogens (tertiary/aromatic N) is 2. The predicted molar refractivity (Wildman–Crippen MR) is 92.1 cm³/mol. The molecule has 2 aromatic heterocycles. The summed E-state index contributed by atoms with van der Waals surface area (Å²) in [4.78, 5) is 16.8. The summed E-state index contributed by atoms with van der Waals surface area (Å²) in [6, 6.07) is 11.1. The van der Waals surface area contributed by atoms with Gasteiger partial charge in [0.25, 0.3) is 5.91 Å². The molecule has 2 heterocycles. The van der Waals surface area contributed by atoms with Gasteiger partial charge >= 0.3 is 0 Å². The molecule has 0 aliphatic carbocycles. The minimum atomic E-state index is -0.191. The van der Waals surface area contributed by atoms with E-state index in [-0.39, 0.29) is 5.91 Å². The van der Waals surface area contributed by atoms with E-state index in [0.717, 1.165) is 9.26 Å². The molecule has 6 heteroatoms. The van der Waals surface area contributed by atoms with E-state index < -0.39 is 0 Å². The minimum Gasteiger partial charge on any atom is -0.321 e. The normalized spacial score (nSPS) is 10.8. The second-order valence-corrected chi connectivity index (χ2v) is 6.26. The summed E-state index contributed by atoms with van der Waals surface area (Å²) in [5.74, 6) is -0.191. The summed E-state index contributed by atoms with van der Waals surface area (Å²) in [6.07, 6.45) is 1.75. The Hall–Kier alpha value is -1.60. The highest BCUT2D eigenvalue weighted by Gasteiger charge is 2.16. The van der Waals surface area contributed by atoms with Gasteiger partial charge in [0.1, 0.15) is 11.3 Å². The topological polar surface area (TPSA) is 46.4 Å². The third kappa shape index (κ3) is 2.89. The summed E-state index contributed by atoms with van der Waals surface area (Å²) in [6.45, 7) is 1.81. The van der Waals surface area contributed by atoms with E-state index in [1.54, 1.807) is 22.7 Å². The molecule has 1 N–H and O–H groups in total. The van der Waals surface area contributed by atoms with E-state index in [2.05, 4.69) is 32.9 Å². The molecule has 0 bridgehead atoms. The van der Waals surface area contributed by atoms with E-state index in [9.17, 15) is 4.79 Å². The predicted octanol–water partition coefficient (Wildman–Crippen LogP) is 4.15. The van der Waals surface area contributed by atoms with Crippen LogP contribution in [0.2, 0.25) is 5.02 Å². The van der Waals surface area contributed by atoms with Gasteiger partial charge in [-0.15, -0.1) is 0 Å². The molecule has 0 radical (unpaired) electrons. The van der Waals surface area contributed by atoms with Gasteiger partial charge in [-0.25, -0.2) is 4.98 Å². The molecule has 1 amide bonds. The lowest BCUT2D eigenvalue weighted by Crippen LogP contribution is -2.15. The number of fused-ring (bicyclic) bond motifs is 1. The third-order valence-corrected chi connectivity index (χ3v) is 4.03. The minimum absolute atomic E-state index is 0.191. The van der Waals surface area contributed by atoms with E-state index in [1.165, 1.54) is 0 Å². The first-order chi connectivity index (χ1) is 10.0. The number of pyridine rings is 1. The molecule has 1 aromatic carbocycles. The van der Waals surface area contributed by atoms with Crippen molar-refractivity contribution in [3.63, 3.8) is 0 Å². The van der Waals surface area contributed by atoms with Crippen LogP contribution in [-0.2, 0) is 0 Å². The Morgan fingerprint density at radius 2 is 2.00 bits per heavy atom. The lowest BCUT2D eigenvalue weighted by Gasteiger charge is -2.06. The highest BCUT2D eigenvalue weighted by Crippen LogP contribution is 2.18. The number of imidazole rings is 1. The SMILES string of the molecule is Cc1nc2cc(Cl)ccn2c1C(=O)Nc1ccc(I)cc1. The summed E-state index contributed by atoms with van der Waals surface area (Å²) < 4.78 is 2.86. The van der Waals surface area contributed by atoms with Crippen LogP contribution in [-0.4, -0.2) is 15.3 Å². The maximum atomic E-state index is 12.5. The van der Waals surface area contributed by atoms with Gasteiger partial charge in [0.05, 0.1) is 5.69 Å². The fourth-order valence-electron chi connectivity index (χ4n) is 2.13. The van der Waals surface area contributed by atoms with Crippen molar-refractivity contribution in [2.45, 2.75) is 6.92 Å². The van der Waals surface area contributed by atoms with Gasteiger partial charge in [0.15, 0.2) is 0 Å². The highest BCUT2D eigenvalue weighted by molar-refractivity contribution is 14.1. The number of anilines is 1. The molecule has 0 aliphatic rings. The number of hydrogen-bond acceptors (Lipinski definition) is 2. The zero-order valence-electron chi connectivity index (χ0n) is 11.1. The fourth-order valence-corrected chi connectivity index (χ4v) is 2.65. The van der Waals surface area contributed by atoms with Crippen LogP contribution in [0.25, 0.3) is 5.65 Å². The smallest absolute Gasteiger partial charge is 0.274 e. The zero-order chi connectivity index (χ0) is 15.0. The Balaban J connectivity index is 1.97. The molecular weight excluding hydrogens is 401 g/mol. The van der Waals surface area contributed by atoms with Crippen LogP contribution in [0.5, 0.6) is 0 Å². The number of carbonyl (C=O) groups excluding carboxylic acids is 1. The van der Waals surface area contributed by atoms with Crippen molar-refractivity contribution >= 4 is 51.4 Å². The molecule has 3 rings (SSSR count). The molecule has 0 unspecified atom stereocenters. The van der Waals surface area contributed by atoms with Crippen LogP contribution in [0.1, 0.15) is 16.2 Å². The van der Waals surface area contributed by atoms with Gasteiger partial charge in [0, 0.05) is 26.5 Å². The Labute approximate surface area is 140 Å². The summed E-state index contributed by atoms with van der Waals surface area (Å²) in [5.41, 5.74) is 2.59. The maximum Gasteiger partial charge on any atom is 0.274 e. The first-order valence-electron chi connectivity index (χ1n) is 6.26. The molecule has 0 spiro atoms. The van der Waals surface area contributed by atoms with Crippen molar-refractivity contribution in [2.24, 2.45) is 0 Å². The Bertz CT molecular complexity index is 827. The van der Waals surface area contributed by atoms with Gasteiger partial charge in [-0.2, -0.15) is 0 Å². The largest absolute Gasteiger partial charge is 0.321 e. The van der Waals surface area contributed by atoms with Gasteiger partial charge in [0.2, 0.25) is 0 Å². The van der Waals surface area contributed by atoms with E-state index in [1.807, 2.05) is 31.2 Å². The van der Waals surface area contributed by atoms with Gasteiger partial charge < -0.3 is 5.32 Å². The van der Waals surface area contributed by atoms with Crippen LogP contribution < -0.4 is 5.32 Å². The van der Waals surface area contributed by atoms with E-state index >= 15 is 0 Å². The molecule has 0 aliphatic heterocycles. The van der Waals surface area contributed by atoms with Crippen LogP contribution in [0.4, 0.5) is 5.69 Å². The van der Waals surface area contributed by atoms with Crippen molar-refractivity contribution in [3.8, 4) is 0 Å². The van der Waals surface area contributed by atoms with Gasteiger partial charge in [-0.3, -0.25) is 9.20 Å². The van der Waals surface area contributed by atoms with Crippen molar-refractivity contribution in [3.05, 3.63) is 62.6 Å². The first kappa shape index (κ1) is 14.3. The number of hydrogen-bond donors (Lipinski definition) is 1. The molecule has 4 nitrogen and oxygen atoms in total.